The van der Waals surface area contributed by atoms with Crippen molar-refractivity contribution in [2.75, 3.05) is 0 Å². The molecule has 0 aliphatic heterocycles. The van der Waals surface area contributed by atoms with E-state index in [1.54, 1.807) is 0 Å². The van der Waals surface area contributed by atoms with E-state index in [4.69, 9.17) is 5.11 Å². The zero-order valence-electron chi connectivity index (χ0n) is 5.66. The zero-order valence-corrected chi connectivity index (χ0v) is 5.66. The van der Waals surface area contributed by atoms with Gasteiger partial charge in [0.2, 0.25) is 5.82 Å². The van der Waals surface area contributed by atoms with Crippen LogP contribution < -0.4 is 0 Å². The predicted octanol–water partition coefficient (Wildman–Crippen LogP) is 2.12. The Morgan fingerprint density at radius 1 is 1.18 bits per heavy atom. The van der Waals surface area contributed by atoms with E-state index in [2.05, 4.69) is 0 Å². The van der Waals surface area contributed by atoms with Gasteiger partial charge in [-0.25, -0.2) is 8.78 Å². The molecule has 0 aliphatic carbocycles. The average Bonchev–Trinajstić information content (AvgIpc) is 1.97. The number of halogens is 3. The van der Waals surface area contributed by atoms with Crippen LogP contribution in [0.15, 0.2) is 6.07 Å². The van der Waals surface area contributed by atoms with Crippen molar-refractivity contribution in [1.82, 2.24) is 0 Å². The molecule has 0 saturated heterocycles. The molecule has 1 aromatic carbocycles. The Morgan fingerprint density at radius 3 is 2.27 bits per heavy atom. The molecule has 0 aromatic heterocycles. The minimum Gasteiger partial charge on any atom is -0.504 e. The van der Waals surface area contributed by atoms with Crippen LogP contribution in [0.25, 0.3) is 0 Å². The van der Waals surface area contributed by atoms with Crippen LogP contribution in [0.2, 0.25) is 0 Å². The van der Waals surface area contributed by atoms with E-state index in [0.29, 0.717) is 6.07 Å². The van der Waals surface area contributed by atoms with Crippen molar-refractivity contribution in [1.29, 1.82) is 0 Å². The van der Waals surface area contributed by atoms with Crippen molar-refractivity contribution in [3.05, 3.63) is 29.1 Å². The Hall–Kier alpha value is -1.19. The largest absolute Gasteiger partial charge is 0.504 e. The molecule has 0 amide bonds. The molecular weight excluding hydrogens is 157 g/mol. The second-order valence-corrected chi connectivity index (χ2v) is 2.13. The minimum atomic E-state index is -1.41. The van der Waals surface area contributed by atoms with Gasteiger partial charge in [0.05, 0.1) is 0 Å². The zero-order chi connectivity index (χ0) is 8.59. The summed E-state index contributed by atoms with van der Waals surface area (Å²) in [6.45, 7) is 1.16. The summed E-state index contributed by atoms with van der Waals surface area (Å²) in [5.41, 5.74) is -0.288. The quantitative estimate of drug-likeness (QED) is 0.579. The average molecular weight is 162 g/mol. The lowest BCUT2D eigenvalue weighted by Gasteiger charge is -2.01. The van der Waals surface area contributed by atoms with Gasteiger partial charge in [0.25, 0.3) is 0 Å². The standard InChI is InChI=1S/C7H5F3O/c1-3-4(8)2-5(9)6(10)7(3)11/h2,11H,1H3. The molecule has 0 fully saturated rings. The summed E-state index contributed by atoms with van der Waals surface area (Å²) < 4.78 is 37.1. The monoisotopic (exact) mass is 162 g/mol. The molecule has 1 aromatic rings. The molecule has 1 N–H and O–H groups in total. The van der Waals surface area contributed by atoms with Gasteiger partial charge >= 0.3 is 0 Å². The third kappa shape index (κ3) is 1.15. The topological polar surface area (TPSA) is 20.2 Å². The smallest absolute Gasteiger partial charge is 0.200 e. The summed E-state index contributed by atoms with van der Waals surface area (Å²) in [7, 11) is 0. The fourth-order valence-corrected chi connectivity index (χ4v) is 0.674. The van der Waals surface area contributed by atoms with Gasteiger partial charge in [-0.3, -0.25) is 0 Å². The summed E-state index contributed by atoms with van der Waals surface area (Å²) in [5, 5.41) is 8.71. The molecule has 0 heterocycles. The molecule has 0 unspecified atom stereocenters. The summed E-state index contributed by atoms with van der Waals surface area (Å²) in [6.07, 6.45) is 0. The van der Waals surface area contributed by atoms with Crippen LogP contribution in [0.4, 0.5) is 13.2 Å². The first-order valence-corrected chi connectivity index (χ1v) is 2.87. The highest BCUT2D eigenvalue weighted by atomic mass is 19.2. The molecule has 4 heteroatoms. The van der Waals surface area contributed by atoms with Crippen LogP contribution in [0.3, 0.4) is 0 Å². The van der Waals surface area contributed by atoms with Crippen molar-refractivity contribution < 1.29 is 18.3 Å². The third-order valence-corrected chi connectivity index (χ3v) is 1.38. The molecule has 0 aliphatic rings. The lowest BCUT2D eigenvalue weighted by atomic mass is 10.2. The van der Waals surface area contributed by atoms with E-state index in [0.717, 1.165) is 6.92 Å². The fraction of sp³-hybridized carbons (Fsp3) is 0.143. The highest BCUT2D eigenvalue weighted by Crippen LogP contribution is 2.24. The number of rotatable bonds is 0. The summed E-state index contributed by atoms with van der Waals surface area (Å²) >= 11 is 0. The first-order chi connectivity index (χ1) is 5.04. The van der Waals surface area contributed by atoms with E-state index >= 15 is 0 Å². The molecule has 0 bridgehead atoms. The van der Waals surface area contributed by atoms with Gasteiger partial charge in [-0.05, 0) is 6.92 Å². The number of benzene rings is 1. The summed E-state index contributed by atoms with van der Waals surface area (Å²) in [4.78, 5) is 0. The maximum atomic E-state index is 12.5. The maximum Gasteiger partial charge on any atom is 0.200 e. The second-order valence-electron chi connectivity index (χ2n) is 2.13. The van der Waals surface area contributed by atoms with Gasteiger partial charge in [0, 0.05) is 11.6 Å². The molecule has 0 spiro atoms. The number of phenols is 1. The van der Waals surface area contributed by atoms with Crippen LogP contribution >= 0.6 is 0 Å². The van der Waals surface area contributed by atoms with E-state index in [9.17, 15) is 13.2 Å². The van der Waals surface area contributed by atoms with Crippen molar-refractivity contribution in [2.45, 2.75) is 6.92 Å². The Bertz CT molecular complexity index is 270. The van der Waals surface area contributed by atoms with Crippen LogP contribution in [-0.4, -0.2) is 5.11 Å². The van der Waals surface area contributed by atoms with Gasteiger partial charge in [-0.15, -0.1) is 0 Å². The fourth-order valence-electron chi connectivity index (χ4n) is 0.674. The molecule has 0 atom stereocenters. The number of hydrogen-bond acceptors (Lipinski definition) is 1. The molecular formula is C7H5F3O. The van der Waals surface area contributed by atoms with E-state index in [1.807, 2.05) is 0 Å². The van der Waals surface area contributed by atoms with Gasteiger partial charge in [-0.1, -0.05) is 0 Å². The van der Waals surface area contributed by atoms with Crippen LogP contribution in [0.1, 0.15) is 5.56 Å². The predicted molar refractivity (Wildman–Crippen MR) is 32.7 cm³/mol. The van der Waals surface area contributed by atoms with E-state index in [-0.39, 0.29) is 5.56 Å². The molecule has 0 saturated carbocycles. The van der Waals surface area contributed by atoms with Gasteiger partial charge in [-0.2, -0.15) is 4.39 Å². The van der Waals surface area contributed by atoms with Crippen molar-refractivity contribution >= 4 is 0 Å². The van der Waals surface area contributed by atoms with Crippen LogP contribution in [0.5, 0.6) is 5.75 Å². The lowest BCUT2D eigenvalue weighted by molar-refractivity contribution is 0.394. The summed E-state index contributed by atoms with van der Waals surface area (Å²) in [5.74, 6) is -4.72. The molecule has 1 nitrogen and oxygen atoms in total. The van der Waals surface area contributed by atoms with E-state index in [1.165, 1.54) is 0 Å². The first-order valence-electron chi connectivity index (χ1n) is 2.87. The Kier molecular flexibility index (Phi) is 1.76. The molecule has 11 heavy (non-hydrogen) atoms. The van der Waals surface area contributed by atoms with Crippen LogP contribution in [0, 0.1) is 24.4 Å². The molecule has 60 valence electrons. The van der Waals surface area contributed by atoms with Crippen molar-refractivity contribution in [3.63, 3.8) is 0 Å². The highest BCUT2D eigenvalue weighted by Gasteiger charge is 2.14. The van der Waals surface area contributed by atoms with Crippen LogP contribution in [-0.2, 0) is 0 Å². The summed E-state index contributed by atoms with van der Waals surface area (Å²) in [6, 6.07) is 0.393. The van der Waals surface area contributed by atoms with Crippen molar-refractivity contribution in [2.24, 2.45) is 0 Å². The second kappa shape index (κ2) is 2.45. The Balaban J connectivity index is 3.46. The van der Waals surface area contributed by atoms with Gasteiger partial charge in [0.15, 0.2) is 11.6 Å². The molecule has 0 radical (unpaired) electrons. The highest BCUT2D eigenvalue weighted by molar-refractivity contribution is 5.34. The molecule has 1 rings (SSSR count). The Labute approximate surface area is 61.1 Å². The van der Waals surface area contributed by atoms with Gasteiger partial charge < -0.3 is 5.11 Å². The third-order valence-electron chi connectivity index (χ3n) is 1.38. The Morgan fingerprint density at radius 2 is 1.73 bits per heavy atom. The minimum absolute atomic E-state index is 0.288. The number of phenolic OH excluding ortho intramolecular Hbond substituents is 1. The van der Waals surface area contributed by atoms with Gasteiger partial charge in [0.1, 0.15) is 5.82 Å². The SMILES string of the molecule is Cc1c(F)cc(F)c(F)c1O. The number of aromatic hydroxyl groups is 1. The maximum absolute atomic E-state index is 12.5. The van der Waals surface area contributed by atoms with Crippen molar-refractivity contribution in [3.8, 4) is 5.75 Å². The first kappa shape index (κ1) is 7.91. The van der Waals surface area contributed by atoms with E-state index < -0.39 is 23.2 Å². The lowest BCUT2D eigenvalue weighted by Crippen LogP contribution is -1.91. The number of hydrogen-bond donors (Lipinski definition) is 1. The normalized spacial score (nSPS) is 10.2.